The number of ether oxygens (including phenoxy) is 6. The van der Waals surface area contributed by atoms with Crippen LogP contribution in [0.25, 0.3) is 5.57 Å². The topological polar surface area (TPSA) is 268 Å². The molecule has 7 rings (SSSR count). The molecule has 4 aromatic carbocycles. The Bertz CT molecular complexity index is 3280. The Morgan fingerprint density at radius 3 is 1.74 bits per heavy atom. The minimum atomic E-state index is -5.19. The van der Waals surface area contributed by atoms with Crippen molar-refractivity contribution in [3.05, 3.63) is 110 Å². The molecular weight excluding hydrogens is 1140 g/mol. The van der Waals surface area contributed by atoms with Crippen LogP contribution in [0.5, 0.6) is 0 Å². The van der Waals surface area contributed by atoms with Gasteiger partial charge in [0.25, 0.3) is 20.2 Å². The highest BCUT2D eigenvalue weighted by Gasteiger charge is 2.38. The number of carbonyl (C=O) groups is 3. The molecule has 0 unspecified atom stereocenters. The minimum absolute atomic E-state index is 0.0248. The predicted octanol–water partition coefficient (Wildman–Crippen LogP) is 2.02. The SMILES string of the molecule is Cc1cc(C(=O)CCCOCCOCCOCCOCCOCCOCCC(=O)O)cc(C)c1C1=c2cc3c(cc2[Si](C)(C)c2cc(N4CCN(Cc5ccc(S(=O)(=O)O)cc5S(=O)(=O)O)CC4)ccc21)=[N+](C)CC3.O=C([O-])C(F)(F)F. The van der Waals surface area contributed by atoms with Gasteiger partial charge in [-0.15, -0.1) is 0 Å². The molecule has 1 fully saturated rings. The molecule has 3 aliphatic heterocycles. The smallest absolute Gasteiger partial charge is 0.430 e. The number of rotatable bonds is 29. The van der Waals surface area contributed by atoms with Crippen LogP contribution in [0.15, 0.2) is 70.5 Å². The lowest BCUT2D eigenvalue weighted by atomic mass is 9.86. The molecule has 26 heteroatoms. The van der Waals surface area contributed by atoms with Gasteiger partial charge in [0.15, 0.2) is 5.78 Å². The molecule has 0 atom stereocenters. The molecular formula is C56H72F3N3O17S2Si. The number of nitrogens with zero attached hydrogens (tertiary/aromatic N) is 3. The highest BCUT2D eigenvalue weighted by molar-refractivity contribution is 7.86. The van der Waals surface area contributed by atoms with Gasteiger partial charge in [-0.3, -0.25) is 23.6 Å². The summed E-state index contributed by atoms with van der Waals surface area (Å²) in [6, 6.07) is 19.0. The third kappa shape index (κ3) is 18.0. The Labute approximate surface area is 476 Å². The Balaban J connectivity index is 0.00000145. The van der Waals surface area contributed by atoms with Gasteiger partial charge in [-0.1, -0.05) is 25.2 Å². The third-order valence-corrected chi connectivity index (χ3v) is 19.6. The van der Waals surface area contributed by atoms with E-state index in [0.717, 1.165) is 47.5 Å². The molecule has 4 aromatic rings. The summed E-state index contributed by atoms with van der Waals surface area (Å²) >= 11 is 0. The van der Waals surface area contributed by atoms with Crippen LogP contribution >= 0.6 is 0 Å². The fraction of sp³-hybridized carbons (Fsp3) is 0.500. The average molecular weight is 1210 g/mol. The summed E-state index contributed by atoms with van der Waals surface area (Å²) in [6.45, 7) is 17.4. The molecule has 0 aliphatic carbocycles. The maximum atomic E-state index is 13.7. The van der Waals surface area contributed by atoms with Crippen molar-refractivity contribution in [2.24, 2.45) is 0 Å². The highest BCUT2D eigenvalue weighted by Crippen LogP contribution is 2.33. The maximum Gasteiger partial charge on any atom is 0.430 e. The number of carboxylic acids is 2. The number of fused-ring (bicyclic) bond motifs is 3. The van der Waals surface area contributed by atoms with Crippen molar-refractivity contribution in [2.45, 2.75) is 75.1 Å². The van der Waals surface area contributed by atoms with E-state index < -0.39 is 56.2 Å². The zero-order valence-corrected chi connectivity index (χ0v) is 49.3. The summed E-state index contributed by atoms with van der Waals surface area (Å²) in [5.74, 6) is -3.82. The van der Waals surface area contributed by atoms with Crippen LogP contribution in [0.2, 0.25) is 13.1 Å². The fourth-order valence-electron chi connectivity index (χ4n) is 10.2. The standard InChI is InChI=1S/C54H71N3O15S2Si.C2HF3O2/c1-38-31-42(48(58)7-6-19-67-21-23-69-25-27-71-29-30-72-28-26-70-24-22-68-20-13-52(59)60)32-39(2)53(38)54-45-11-9-43(34-50(45)75(4,5)51-36-47-40(33-46(51)54)12-14-55(47)3)57-17-15-56(16-18-57)37-41-8-10-44(73(61,62)63)35-49(41)74(64,65)66;3-2(4,5)1(6)7/h8-11,31-36H,6-7,12-30,37H2,1-5H3,(H2-,59,60,61,62,63,64,65,66);(H,6,7). The van der Waals surface area contributed by atoms with E-state index in [1.165, 1.54) is 43.7 Å². The van der Waals surface area contributed by atoms with Crippen molar-refractivity contribution in [1.29, 1.82) is 0 Å². The van der Waals surface area contributed by atoms with Crippen molar-refractivity contribution in [2.75, 3.05) is 124 Å². The number of aryl methyl sites for hydroxylation is 2. The van der Waals surface area contributed by atoms with E-state index in [0.29, 0.717) is 117 Å². The van der Waals surface area contributed by atoms with Crippen molar-refractivity contribution >= 4 is 67.7 Å². The Morgan fingerprint density at radius 1 is 0.695 bits per heavy atom. The molecule has 0 aromatic heterocycles. The summed E-state index contributed by atoms with van der Waals surface area (Å²) in [5.41, 5.74) is 8.98. The van der Waals surface area contributed by atoms with Gasteiger partial charge >= 0.3 is 12.1 Å². The molecule has 450 valence electrons. The number of ketones is 1. The summed E-state index contributed by atoms with van der Waals surface area (Å²) in [5, 5.41) is 22.6. The van der Waals surface area contributed by atoms with Gasteiger partial charge in [0, 0.05) is 75.1 Å². The van der Waals surface area contributed by atoms with E-state index in [1.807, 2.05) is 12.1 Å². The van der Waals surface area contributed by atoms with Gasteiger partial charge in [0.2, 0.25) is 5.36 Å². The van der Waals surface area contributed by atoms with Crippen LogP contribution in [-0.4, -0.2) is 187 Å². The molecule has 3 aliphatic rings. The monoisotopic (exact) mass is 1210 g/mol. The van der Waals surface area contributed by atoms with Crippen molar-refractivity contribution in [3.8, 4) is 0 Å². The number of piperazine rings is 1. The van der Waals surface area contributed by atoms with Crippen LogP contribution < -0.4 is 35.5 Å². The van der Waals surface area contributed by atoms with Gasteiger partial charge in [-0.2, -0.15) is 30.0 Å². The molecule has 3 heterocycles. The maximum absolute atomic E-state index is 13.7. The third-order valence-electron chi connectivity index (χ3n) is 14.3. The number of halogens is 3. The Kier molecular flexibility index (Phi) is 23.5. The number of Topliss-reactive ketones (excluding diaryl/α,β-unsaturated/α-hetero) is 1. The van der Waals surface area contributed by atoms with E-state index in [-0.39, 0.29) is 30.9 Å². The molecule has 20 nitrogen and oxygen atoms in total. The summed E-state index contributed by atoms with van der Waals surface area (Å²) in [4.78, 5) is 36.2. The number of carboxylic acid groups (broad SMARTS) is 2. The number of hydrogen-bond acceptors (Lipinski definition) is 16. The second kappa shape index (κ2) is 29.3. The van der Waals surface area contributed by atoms with E-state index in [4.69, 9.17) is 43.4 Å². The first kappa shape index (κ1) is 65.7. The van der Waals surface area contributed by atoms with Crippen LogP contribution in [0.3, 0.4) is 0 Å². The van der Waals surface area contributed by atoms with Crippen LogP contribution in [0.4, 0.5) is 18.9 Å². The number of aliphatic carboxylic acids is 2. The normalized spacial score (nSPS) is 15.2. The van der Waals surface area contributed by atoms with Gasteiger partial charge < -0.3 is 48.3 Å². The van der Waals surface area contributed by atoms with Crippen LogP contribution in [-0.2, 0) is 71.2 Å². The second-order valence-corrected chi connectivity index (χ2v) is 27.7. The first-order valence-corrected chi connectivity index (χ1v) is 32.6. The van der Waals surface area contributed by atoms with E-state index in [1.54, 1.807) is 0 Å². The number of benzene rings is 4. The fourth-order valence-corrected chi connectivity index (χ4v) is 14.5. The van der Waals surface area contributed by atoms with Crippen molar-refractivity contribution in [1.82, 2.24) is 9.48 Å². The predicted molar refractivity (Wildman–Crippen MR) is 297 cm³/mol. The highest BCUT2D eigenvalue weighted by atomic mass is 32.2. The van der Waals surface area contributed by atoms with E-state index in [9.17, 15) is 48.7 Å². The van der Waals surface area contributed by atoms with Gasteiger partial charge in [-0.05, 0) is 112 Å². The number of alkyl halides is 3. The zero-order valence-electron chi connectivity index (χ0n) is 46.7. The largest absolute Gasteiger partial charge is 0.542 e. The molecule has 0 radical (unpaired) electrons. The molecule has 0 saturated carbocycles. The van der Waals surface area contributed by atoms with Gasteiger partial charge in [0.1, 0.15) is 27.6 Å². The molecule has 0 spiro atoms. The molecule has 3 N–H and O–H groups in total. The van der Waals surface area contributed by atoms with Crippen LogP contribution in [0, 0.1) is 13.8 Å². The van der Waals surface area contributed by atoms with Crippen LogP contribution in [0.1, 0.15) is 63.0 Å². The first-order valence-electron chi connectivity index (χ1n) is 26.8. The average Bonchev–Trinajstić information content (AvgIpc) is 3.28. The number of carbonyl (C=O) groups excluding carboxylic acids is 2. The molecule has 0 amide bonds. The number of likely N-dealkylation sites (N-methyl/N-ethyl adjacent to an activating group) is 1. The van der Waals surface area contributed by atoms with E-state index in [2.05, 4.69) is 78.7 Å². The quantitative estimate of drug-likeness (QED) is 0.0231. The number of anilines is 1. The summed E-state index contributed by atoms with van der Waals surface area (Å²) in [6.07, 6.45) is -3.29. The summed E-state index contributed by atoms with van der Waals surface area (Å²) < 4.78 is 134. The number of hydrogen-bond donors (Lipinski definition) is 3. The minimum Gasteiger partial charge on any atom is -0.542 e. The molecule has 1 saturated heterocycles. The van der Waals surface area contributed by atoms with Gasteiger partial charge in [-0.25, -0.2) is 4.58 Å². The summed E-state index contributed by atoms with van der Waals surface area (Å²) in [7, 11) is -9.61. The van der Waals surface area contributed by atoms with Gasteiger partial charge in [0.05, 0.1) is 88.9 Å². The zero-order chi connectivity index (χ0) is 60.0. The van der Waals surface area contributed by atoms with Crippen molar-refractivity contribution in [3.63, 3.8) is 0 Å². The van der Waals surface area contributed by atoms with Crippen molar-refractivity contribution < 1.29 is 92.1 Å². The lowest BCUT2D eigenvalue weighted by Crippen LogP contribution is -2.64. The molecule has 0 bridgehead atoms. The second-order valence-electron chi connectivity index (χ2n) is 20.5. The Hall–Kier alpha value is -5.49. The van der Waals surface area contributed by atoms with E-state index >= 15 is 0 Å². The lowest BCUT2D eigenvalue weighted by Gasteiger charge is -2.38. The first-order chi connectivity index (χ1) is 38.7. The Morgan fingerprint density at radius 2 is 1.23 bits per heavy atom. The lowest BCUT2D eigenvalue weighted by molar-refractivity contribution is -0.344. The molecule has 82 heavy (non-hydrogen) atoms.